The number of hydrogen-bond donors (Lipinski definition) is 0. The van der Waals surface area contributed by atoms with Crippen molar-refractivity contribution < 1.29 is 4.42 Å². The highest BCUT2D eigenvalue weighted by atomic mass is 16.3. The summed E-state index contributed by atoms with van der Waals surface area (Å²) < 4.78 is 6.33. The Kier molecular flexibility index (Phi) is 7.27. The summed E-state index contributed by atoms with van der Waals surface area (Å²) in [7, 11) is 0. The van der Waals surface area contributed by atoms with Gasteiger partial charge in [-0.3, -0.25) is 0 Å². The summed E-state index contributed by atoms with van der Waals surface area (Å²) in [5.74, 6) is 2.02. The fourth-order valence-corrected chi connectivity index (χ4v) is 8.32. The SMILES string of the molecule is C1=C(c2nc(-c3ccc(-c4cccc5ccccc45)cc3)nc(-c3cc(-c4cccc5oc6ccccc6c45)c4ccccc4c3)n2)CCc2ccccc21. The van der Waals surface area contributed by atoms with Crippen LogP contribution in [0.3, 0.4) is 0 Å². The first kappa shape index (κ1) is 31.4. The van der Waals surface area contributed by atoms with Crippen LogP contribution in [-0.2, 0) is 6.42 Å². The Morgan fingerprint density at radius 2 is 1.02 bits per heavy atom. The van der Waals surface area contributed by atoms with E-state index in [1.54, 1.807) is 0 Å². The van der Waals surface area contributed by atoms with Crippen LogP contribution in [0, 0.1) is 0 Å². The molecule has 0 atom stereocenters. The van der Waals surface area contributed by atoms with Crippen molar-refractivity contribution in [2.24, 2.45) is 0 Å². The molecular weight excluding hydrogens is 671 g/mol. The Bertz CT molecular complexity index is 3150. The third-order valence-corrected chi connectivity index (χ3v) is 11.0. The van der Waals surface area contributed by atoms with Gasteiger partial charge in [-0.2, -0.15) is 0 Å². The van der Waals surface area contributed by atoms with Gasteiger partial charge in [-0.25, -0.2) is 15.0 Å². The average Bonchev–Trinajstić information content (AvgIpc) is 3.65. The van der Waals surface area contributed by atoms with E-state index in [1.165, 1.54) is 27.5 Å². The molecule has 0 unspecified atom stereocenters. The van der Waals surface area contributed by atoms with E-state index in [1.807, 2.05) is 12.1 Å². The van der Waals surface area contributed by atoms with Crippen LogP contribution in [0.5, 0.6) is 0 Å². The molecule has 0 N–H and O–H groups in total. The van der Waals surface area contributed by atoms with Crippen molar-refractivity contribution in [3.05, 3.63) is 187 Å². The third kappa shape index (κ3) is 5.42. The van der Waals surface area contributed by atoms with Gasteiger partial charge in [0.05, 0.1) is 0 Å². The molecule has 1 aliphatic carbocycles. The lowest BCUT2D eigenvalue weighted by Crippen LogP contribution is -2.06. The highest BCUT2D eigenvalue weighted by Gasteiger charge is 2.20. The second-order valence-electron chi connectivity index (χ2n) is 14.3. The Morgan fingerprint density at radius 3 is 1.89 bits per heavy atom. The predicted molar refractivity (Wildman–Crippen MR) is 226 cm³/mol. The molecule has 0 fully saturated rings. The number of allylic oxidation sites excluding steroid dienone is 1. The minimum atomic E-state index is 0.647. The van der Waals surface area contributed by atoms with Crippen molar-refractivity contribution >= 4 is 55.1 Å². The topological polar surface area (TPSA) is 51.8 Å². The molecule has 1 aliphatic rings. The molecule has 0 saturated carbocycles. The molecule has 4 heteroatoms. The molecule has 11 rings (SSSR count). The van der Waals surface area contributed by atoms with E-state index in [0.717, 1.165) is 78.9 Å². The predicted octanol–water partition coefficient (Wildman–Crippen LogP) is 13.2. The van der Waals surface area contributed by atoms with Crippen molar-refractivity contribution in [3.63, 3.8) is 0 Å². The van der Waals surface area contributed by atoms with Crippen molar-refractivity contribution in [2.45, 2.75) is 12.8 Å². The van der Waals surface area contributed by atoms with Gasteiger partial charge in [-0.15, -0.1) is 0 Å². The number of fused-ring (bicyclic) bond motifs is 6. The standard InChI is InChI=1S/C51H33N3O/c1-2-13-36-29-38(28-23-32(36)11-1)50-52-49(35-26-24-34(25-27-35)41-19-9-15-33-12-3-5-16-40(33)41)53-51(54-50)39-30-37-14-4-6-17-42(37)45(31-39)43-20-10-22-47-48(43)44-18-7-8-21-46(44)55-47/h1-22,24-27,29-31H,23,28H2. The summed E-state index contributed by atoms with van der Waals surface area (Å²) in [6.45, 7) is 0. The van der Waals surface area contributed by atoms with E-state index in [-0.39, 0.29) is 0 Å². The van der Waals surface area contributed by atoms with Crippen LogP contribution in [0.4, 0.5) is 0 Å². The minimum absolute atomic E-state index is 0.647. The van der Waals surface area contributed by atoms with Crippen LogP contribution in [0.15, 0.2) is 174 Å². The molecule has 0 spiro atoms. The number of aromatic nitrogens is 3. The molecule has 258 valence electrons. The number of rotatable bonds is 5. The average molecular weight is 704 g/mol. The van der Waals surface area contributed by atoms with E-state index in [2.05, 4.69) is 164 Å². The van der Waals surface area contributed by atoms with Crippen molar-refractivity contribution in [1.29, 1.82) is 0 Å². The first-order chi connectivity index (χ1) is 27.2. The molecule has 2 aromatic heterocycles. The minimum Gasteiger partial charge on any atom is -0.456 e. The highest BCUT2D eigenvalue weighted by Crippen LogP contribution is 2.41. The van der Waals surface area contributed by atoms with Gasteiger partial charge < -0.3 is 4.42 Å². The van der Waals surface area contributed by atoms with E-state index >= 15 is 0 Å². The summed E-state index contributed by atoms with van der Waals surface area (Å²) in [5.41, 5.74) is 11.9. The van der Waals surface area contributed by atoms with E-state index in [0.29, 0.717) is 17.5 Å². The van der Waals surface area contributed by atoms with Gasteiger partial charge in [0, 0.05) is 21.9 Å². The summed E-state index contributed by atoms with van der Waals surface area (Å²) in [6, 6.07) is 59.9. The number of aryl methyl sites for hydroxylation is 1. The third-order valence-electron chi connectivity index (χ3n) is 11.0. The number of benzene rings is 8. The van der Waals surface area contributed by atoms with E-state index < -0.39 is 0 Å². The molecule has 2 heterocycles. The Balaban J connectivity index is 1.10. The number of para-hydroxylation sites is 1. The van der Waals surface area contributed by atoms with E-state index in [9.17, 15) is 0 Å². The molecule has 0 saturated heterocycles. The van der Waals surface area contributed by atoms with Crippen LogP contribution in [0.25, 0.3) is 100 Å². The highest BCUT2D eigenvalue weighted by molar-refractivity contribution is 6.15. The second-order valence-corrected chi connectivity index (χ2v) is 14.3. The van der Waals surface area contributed by atoms with Crippen LogP contribution in [-0.4, -0.2) is 15.0 Å². The number of nitrogens with zero attached hydrogens (tertiary/aromatic N) is 3. The van der Waals surface area contributed by atoms with Crippen molar-refractivity contribution in [1.82, 2.24) is 15.0 Å². The molecule has 0 aliphatic heterocycles. The zero-order chi connectivity index (χ0) is 36.3. The molecule has 0 bridgehead atoms. The number of furan rings is 1. The maximum absolute atomic E-state index is 6.33. The van der Waals surface area contributed by atoms with Crippen LogP contribution < -0.4 is 0 Å². The largest absolute Gasteiger partial charge is 0.456 e. The zero-order valence-electron chi connectivity index (χ0n) is 29.9. The maximum Gasteiger partial charge on any atom is 0.164 e. The Labute approximate surface area is 318 Å². The van der Waals surface area contributed by atoms with Gasteiger partial charge in [0.2, 0.25) is 0 Å². The summed E-state index contributed by atoms with van der Waals surface area (Å²) in [6.07, 6.45) is 4.06. The van der Waals surface area contributed by atoms with Crippen LogP contribution in [0.2, 0.25) is 0 Å². The maximum atomic E-state index is 6.33. The first-order valence-electron chi connectivity index (χ1n) is 18.8. The lowest BCUT2D eigenvalue weighted by molar-refractivity contribution is 0.669. The molecular formula is C51H33N3O. The summed E-state index contributed by atoms with van der Waals surface area (Å²) in [5, 5.41) is 6.95. The fourth-order valence-electron chi connectivity index (χ4n) is 8.32. The fraction of sp³-hybridized carbons (Fsp3) is 0.0392. The first-order valence-corrected chi connectivity index (χ1v) is 18.8. The lowest BCUT2D eigenvalue weighted by Gasteiger charge is -2.17. The van der Waals surface area contributed by atoms with Gasteiger partial charge in [0.15, 0.2) is 17.5 Å². The monoisotopic (exact) mass is 703 g/mol. The summed E-state index contributed by atoms with van der Waals surface area (Å²) in [4.78, 5) is 15.7. The molecule has 0 amide bonds. The van der Waals surface area contributed by atoms with Gasteiger partial charge in [-0.1, -0.05) is 146 Å². The second kappa shape index (κ2) is 12.8. The van der Waals surface area contributed by atoms with Crippen LogP contribution >= 0.6 is 0 Å². The molecule has 4 nitrogen and oxygen atoms in total. The Hall–Kier alpha value is -7.17. The zero-order valence-corrected chi connectivity index (χ0v) is 29.9. The molecule has 0 radical (unpaired) electrons. The van der Waals surface area contributed by atoms with E-state index in [4.69, 9.17) is 19.4 Å². The lowest BCUT2D eigenvalue weighted by atomic mass is 9.91. The van der Waals surface area contributed by atoms with Gasteiger partial charge in [0.1, 0.15) is 11.2 Å². The van der Waals surface area contributed by atoms with Crippen molar-refractivity contribution in [2.75, 3.05) is 0 Å². The smallest absolute Gasteiger partial charge is 0.164 e. The number of hydrogen-bond acceptors (Lipinski definition) is 4. The van der Waals surface area contributed by atoms with Crippen molar-refractivity contribution in [3.8, 4) is 45.0 Å². The van der Waals surface area contributed by atoms with Crippen LogP contribution in [0.1, 0.15) is 23.4 Å². The summed E-state index contributed by atoms with van der Waals surface area (Å²) >= 11 is 0. The Morgan fingerprint density at radius 1 is 0.400 bits per heavy atom. The molecule has 8 aromatic carbocycles. The van der Waals surface area contributed by atoms with Gasteiger partial charge in [0.25, 0.3) is 0 Å². The molecule has 10 aromatic rings. The van der Waals surface area contributed by atoms with Gasteiger partial charge >= 0.3 is 0 Å². The normalized spacial score (nSPS) is 12.7. The molecule has 55 heavy (non-hydrogen) atoms. The quantitative estimate of drug-likeness (QED) is 0.179. The van der Waals surface area contributed by atoms with Gasteiger partial charge in [-0.05, 0) is 104 Å².